The standard InChI is InChI=1S/C38H36Cl2N10O6/c39-25-15-11-23(12-16-25)21-43-49-37(55)31-9-3-19-41-33(51)27-5-1-6-28(45-27)34(52)42-20-4-10-32(38(56)50-44-22-24-13-17-26(40)18-14-24)48-36(54)30-8-2-7-29(46-30)35(53)47-31/h1-2,5-8,11-18,21-22,31-32H,3-4,9-10,19-20H2,(H,41,51)(H,42,52)(H,47,53)(H,48,54)(H,49,55)(H,50,56)/b43-21+,44-22+. The molecule has 2 unspecified atom stereocenters. The minimum Gasteiger partial charge on any atom is -0.351 e. The molecule has 288 valence electrons. The van der Waals surface area contributed by atoms with Crippen LogP contribution in [-0.2, 0) is 9.59 Å². The topological polar surface area (TPSA) is 225 Å². The van der Waals surface area contributed by atoms with E-state index in [1.165, 1.54) is 48.8 Å². The van der Waals surface area contributed by atoms with Gasteiger partial charge >= 0.3 is 0 Å². The summed E-state index contributed by atoms with van der Waals surface area (Å²) in [6.45, 7) is 0.194. The molecule has 2 atom stereocenters. The summed E-state index contributed by atoms with van der Waals surface area (Å²) in [5.74, 6) is -3.96. The number of nitrogens with zero attached hydrogens (tertiary/aromatic N) is 4. The molecule has 16 nitrogen and oxygen atoms in total. The summed E-state index contributed by atoms with van der Waals surface area (Å²) in [5, 5.41) is 19.7. The van der Waals surface area contributed by atoms with Crippen LogP contribution in [0.1, 0.15) is 78.8 Å². The Morgan fingerprint density at radius 1 is 0.571 bits per heavy atom. The van der Waals surface area contributed by atoms with Crippen molar-refractivity contribution in [1.82, 2.24) is 42.1 Å². The summed E-state index contributed by atoms with van der Waals surface area (Å²) in [6, 6.07) is 19.7. The molecule has 3 heterocycles. The third kappa shape index (κ3) is 12.3. The summed E-state index contributed by atoms with van der Waals surface area (Å²) in [6.07, 6.45) is 3.37. The number of halogens is 2. The molecule has 1 aliphatic heterocycles. The second-order valence-corrected chi connectivity index (χ2v) is 13.1. The first-order valence-corrected chi connectivity index (χ1v) is 18.1. The zero-order chi connectivity index (χ0) is 39.9. The largest absolute Gasteiger partial charge is 0.351 e. The van der Waals surface area contributed by atoms with Crippen molar-refractivity contribution in [2.45, 2.75) is 37.8 Å². The highest BCUT2D eigenvalue weighted by atomic mass is 35.5. The van der Waals surface area contributed by atoms with Crippen molar-refractivity contribution in [1.29, 1.82) is 0 Å². The van der Waals surface area contributed by atoms with Gasteiger partial charge in [0.2, 0.25) is 0 Å². The normalized spacial score (nSPS) is 17.4. The fourth-order valence-corrected chi connectivity index (χ4v) is 5.42. The number of hydrazone groups is 2. The molecule has 6 amide bonds. The van der Waals surface area contributed by atoms with Crippen molar-refractivity contribution in [3.8, 4) is 0 Å². The molecule has 2 aromatic carbocycles. The zero-order valence-corrected chi connectivity index (χ0v) is 31.1. The van der Waals surface area contributed by atoms with Crippen LogP contribution in [-0.4, -0.2) is 83.0 Å². The van der Waals surface area contributed by atoms with E-state index in [4.69, 9.17) is 23.2 Å². The number of nitrogens with one attached hydrogen (secondary N) is 6. The molecule has 18 heteroatoms. The van der Waals surface area contributed by atoms with Gasteiger partial charge in [-0.3, -0.25) is 28.8 Å². The fraction of sp³-hybridized carbons (Fsp3) is 0.211. The maximum Gasteiger partial charge on any atom is 0.270 e. The lowest BCUT2D eigenvalue weighted by Crippen LogP contribution is -2.47. The van der Waals surface area contributed by atoms with Crippen molar-refractivity contribution in [2.24, 2.45) is 10.2 Å². The first-order chi connectivity index (χ1) is 27.0. The lowest BCUT2D eigenvalue weighted by Gasteiger charge is -2.18. The Hall–Kier alpha value is -6.52. The van der Waals surface area contributed by atoms with Crippen molar-refractivity contribution < 1.29 is 28.8 Å². The molecular weight excluding hydrogens is 763 g/mol. The van der Waals surface area contributed by atoms with E-state index in [1.54, 1.807) is 48.5 Å². The zero-order valence-electron chi connectivity index (χ0n) is 29.6. The molecule has 0 saturated heterocycles. The number of hydrogen-bond acceptors (Lipinski definition) is 10. The summed E-state index contributed by atoms with van der Waals surface area (Å²) in [7, 11) is 0. The van der Waals surface area contributed by atoms with Crippen molar-refractivity contribution in [3.63, 3.8) is 0 Å². The van der Waals surface area contributed by atoms with Crippen molar-refractivity contribution >= 4 is 71.1 Å². The van der Waals surface area contributed by atoms with E-state index in [1.807, 2.05) is 0 Å². The van der Waals surface area contributed by atoms with Crippen molar-refractivity contribution in [3.05, 3.63) is 129 Å². The second kappa shape index (κ2) is 20.2. The van der Waals surface area contributed by atoms with Crippen LogP contribution in [0.25, 0.3) is 0 Å². The Kier molecular flexibility index (Phi) is 14.7. The fourth-order valence-electron chi connectivity index (χ4n) is 5.17. The average Bonchev–Trinajstić information content (AvgIpc) is 3.20. The average molecular weight is 800 g/mol. The van der Waals surface area contributed by atoms with E-state index in [9.17, 15) is 28.8 Å². The van der Waals surface area contributed by atoms with E-state index in [0.717, 1.165) is 0 Å². The minimum absolute atomic E-state index is 0.0107. The number of hydrogen-bond donors (Lipinski definition) is 6. The number of carbonyl (C=O) groups excluding carboxylic acids is 6. The third-order valence-electron chi connectivity index (χ3n) is 8.10. The van der Waals surface area contributed by atoms with Crippen LogP contribution >= 0.6 is 23.2 Å². The summed E-state index contributed by atoms with van der Waals surface area (Å²) in [5.41, 5.74) is 5.75. The van der Waals surface area contributed by atoms with E-state index >= 15 is 0 Å². The number of benzene rings is 2. The predicted molar refractivity (Wildman–Crippen MR) is 208 cm³/mol. The number of aromatic nitrogens is 2. The summed E-state index contributed by atoms with van der Waals surface area (Å²) >= 11 is 11.9. The van der Waals surface area contributed by atoms with Crippen LogP contribution in [0.3, 0.4) is 0 Å². The highest BCUT2D eigenvalue weighted by molar-refractivity contribution is 6.31. The van der Waals surface area contributed by atoms with Gasteiger partial charge in [0, 0.05) is 23.1 Å². The highest BCUT2D eigenvalue weighted by Crippen LogP contribution is 2.10. The van der Waals surface area contributed by atoms with Crippen molar-refractivity contribution in [2.75, 3.05) is 13.1 Å². The molecule has 6 N–H and O–H groups in total. The summed E-state index contributed by atoms with van der Waals surface area (Å²) in [4.78, 5) is 87.6. The van der Waals surface area contributed by atoms with Gasteiger partial charge in [0.05, 0.1) is 12.4 Å². The van der Waals surface area contributed by atoms with E-state index in [-0.39, 0.29) is 61.5 Å². The van der Waals surface area contributed by atoms with Gasteiger partial charge in [-0.2, -0.15) is 10.2 Å². The van der Waals surface area contributed by atoms with Crippen LogP contribution < -0.4 is 32.1 Å². The number of pyridine rings is 2. The molecule has 1 aliphatic rings. The molecular formula is C38H36Cl2N10O6. The van der Waals surface area contributed by atoms with Gasteiger partial charge < -0.3 is 21.3 Å². The Balaban J connectivity index is 1.36. The molecule has 2 aromatic heterocycles. The molecule has 0 spiro atoms. The maximum atomic E-state index is 13.4. The van der Waals surface area contributed by atoms with Gasteiger partial charge in [-0.05, 0) is 85.3 Å². The number of rotatable bonds is 6. The first kappa shape index (κ1) is 40.7. The Labute approximate surface area is 330 Å². The smallest absolute Gasteiger partial charge is 0.270 e. The van der Waals surface area contributed by atoms with Gasteiger partial charge in [0.25, 0.3) is 35.4 Å². The Morgan fingerprint density at radius 2 is 0.929 bits per heavy atom. The molecule has 0 saturated carbocycles. The second-order valence-electron chi connectivity index (χ2n) is 12.2. The molecule has 4 aromatic rings. The molecule has 5 rings (SSSR count). The van der Waals surface area contributed by atoms with Gasteiger partial charge in [0.1, 0.15) is 34.9 Å². The minimum atomic E-state index is -1.15. The predicted octanol–water partition coefficient (Wildman–Crippen LogP) is 3.01. The SMILES string of the molecule is O=C1NCCCC(C(=O)N/N=C/c2ccc(Cl)cc2)NC(=O)c2cccc(n2)C(=O)NC(C(=O)N/N=C/c2ccc(Cl)cc2)CCCNC(=O)c2cccc1n2. The van der Waals surface area contributed by atoms with Crippen LogP contribution in [0.2, 0.25) is 10.0 Å². The number of amides is 6. The third-order valence-corrected chi connectivity index (χ3v) is 8.60. The number of carbonyl (C=O) groups is 6. The Bertz CT molecular complexity index is 1990. The molecule has 4 bridgehead atoms. The van der Waals surface area contributed by atoms with Crippen LogP contribution in [0.4, 0.5) is 0 Å². The lowest BCUT2D eigenvalue weighted by atomic mass is 10.1. The van der Waals surface area contributed by atoms with Gasteiger partial charge in [-0.1, -0.05) is 59.6 Å². The summed E-state index contributed by atoms with van der Waals surface area (Å²) < 4.78 is 0. The molecule has 0 fully saturated rings. The monoisotopic (exact) mass is 798 g/mol. The maximum absolute atomic E-state index is 13.4. The molecule has 56 heavy (non-hydrogen) atoms. The van der Waals surface area contributed by atoms with E-state index in [2.05, 4.69) is 52.3 Å². The lowest BCUT2D eigenvalue weighted by molar-refractivity contribution is -0.123. The van der Waals surface area contributed by atoms with Gasteiger partial charge in [-0.15, -0.1) is 0 Å². The highest BCUT2D eigenvalue weighted by Gasteiger charge is 2.25. The van der Waals surface area contributed by atoms with Crippen LogP contribution in [0.5, 0.6) is 0 Å². The Morgan fingerprint density at radius 3 is 1.30 bits per heavy atom. The number of fused-ring (bicyclic) bond motifs is 4. The van der Waals surface area contributed by atoms with Gasteiger partial charge in [-0.25, -0.2) is 20.8 Å². The molecule has 0 radical (unpaired) electrons. The van der Waals surface area contributed by atoms with Crippen LogP contribution in [0.15, 0.2) is 95.1 Å². The van der Waals surface area contributed by atoms with E-state index < -0.39 is 47.5 Å². The van der Waals surface area contributed by atoms with Crippen LogP contribution in [0, 0.1) is 0 Å². The molecule has 0 aliphatic carbocycles. The van der Waals surface area contributed by atoms with E-state index in [0.29, 0.717) is 21.2 Å². The quantitative estimate of drug-likeness (QED) is 0.125. The first-order valence-electron chi connectivity index (χ1n) is 17.3. The van der Waals surface area contributed by atoms with Gasteiger partial charge in [0.15, 0.2) is 0 Å².